The van der Waals surface area contributed by atoms with Crippen LogP contribution in [0.3, 0.4) is 0 Å². The van der Waals surface area contributed by atoms with E-state index in [1.165, 1.54) is 5.56 Å². The van der Waals surface area contributed by atoms with E-state index in [1.54, 1.807) is 26.6 Å². The number of methoxy groups -OCH3 is 2. The summed E-state index contributed by atoms with van der Waals surface area (Å²) in [6.07, 6.45) is 5.05. The van der Waals surface area contributed by atoms with Gasteiger partial charge in [0.15, 0.2) is 11.5 Å². The highest BCUT2D eigenvalue weighted by Crippen LogP contribution is 2.36. The van der Waals surface area contributed by atoms with Gasteiger partial charge in [0.25, 0.3) is 0 Å². The number of rotatable bonds is 4. The number of para-hydroxylation sites is 1. The fraction of sp³-hybridized carbons (Fsp3) is 0.375. The van der Waals surface area contributed by atoms with Crippen molar-refractivity contribution in [1.29, 1.82) is 0 Å². The minimum Gasteiger partial charge on any atom is -0.493 e. The first-order valence-electron chi connectivity index (χ1n) is 6.94. The number of aromatic nitrogens is 2. The molecule has 0 saturated carbocycles. The molecule has 3 rings (SSSR count). The van der Waals surface area contributed by atoms with Crippen molar-refractivity contribution in [3.05, 3.63) is 41.9 Å². The van der Waals surface area contributed by atoms with E-state index < -0.39 is 0 Å². The summed E-state index contributed by atoms with van der Waals surface area (Å²) in [6.45, 7) is 0.646. The molecular weight excluding hydrogens is 268 g/mol. The minimum atomic E-state index is 0.357. The molecule has 21 heavy (non-hydrogen) atoms. The van der Waals surface area contributed by atoms with Crippen LogP contribution in [0, 0.1) is 5.92 Å². The molecule has 0 spiro atoms. The molecule has 0 radical (unpaired) electrons. The zero-order valence-corrected chi connectivity index (χ0v) is 12.2. The molecule has 1 aromatic heterocycles. The van der Waals surface area contributed by atoms with Crippen LogP contribution in [0.1, 0.15) is 11.3 Å². The van der Waals surface area contributed by atoms with Gasteiger partial charge < -0.3 is 14.2 Å². The third-order valence-electron chi connectivity index (χ3n) is 3.66. The van der Waals surface area contributed by atoms with Crippen LogP contribution in [0.5, 0.6) is 17.4 Å². The van der Waals surface area contributed by atoms with E-state index in [-0.39, 0.29) is 0 Å². The standard InChI is InChI=1S/C16H18N2O3/c1-19-14-5-3-4-12-8-11(10-21-15(12)14)9-13-16(20-2)18-7-6-17-13/h3-7,11H,8-10H2,1-2H3. The van der Waals surface area contributed by atoms with Crippen molar-refractivity contribution in [3.63, 3.8) is 0 Å². The Morgan fingerprint density at radius 2 is 2.05 bits per heavy atom. The molecule has 0 bridgehead atoms. The number of hydrogen-bond acceptors (Lipinski definition) is 5. The highest BCUT2D eigenvalue weighted by molar-refractivity contribution is 5.47. The van der Waals surface area contributed by atoms with Gasteiger partial charge in [-0.3, -0.25) is 4.98 Å². The number of fused-ring (bicyclic) bond motifs is 1. The lowest BCUT2D eigenvalue weighted by molar-refractivity contribution is 0.209. The molecule has 0 fully saturated rings. The second-order valence-electron chi connectivity index (χ2n) is 5.05. The average molecular weight is 286 g/mol. The predicted octanol–water partition coefficient (Wildman–Crippen LogP) is 2.29. The van der Waals surface area contributed by atoms with Gasteiger partial charge >= 0.3 is 0 Å². The van der Waals surface area contributed by atoms with Crippen LogP contribution in [-0.2, 0) is 12.8 Å². The van der Waals surface area contributed by atoms with Crippen molar-refractivity contribution in [1.82, 2.24) is 9.97 Å². The van der Waals surface area contributed by atoms with E-state index in [2.05, 4.69) is 16.0 Å². The highest BCUT2D eigenvalue weighted by Gasteiger charge is 2.24. The van der Waals surface area contributed by atoms with Crippen molar-refractivity contribution >= 4 is 0 Å². The molecule has 5 heteroatoms. The first kappa shape index (κ1) is 13.7. The van der Waals surface area contributed by atoms with E-state index in [9.17, 15) is 0 Å². The van der Waals surface area contributed by atoms with Gasteiger partial charge in [-0.2, -0.15) is 0 Å². The molecule has 5 nitrogen and oxygen atoms in total. The van der Waals surface area contributed by atoms with Crippen LogP contribution < -0.4 is 14.2 Å². The van der Waals surface area contributed by atoms with Gasteiger partial charge in [0, 0.05) is 24.7 Å². The van der Waals surface area contributed by atoms with E-state index in [0.717, 1.165) is 30.0 Å². The summed E-state index contributed by atoms with van der Waals surface area (Å²) in [5.41, 5.74) is 2.05. The van der Waals surface area contributed by atoms with Crippen molar-refractivity contribution in [2.45, 2.75) is 12.8 Å². The maximum atomic E-state index is 5.89. The van der Waals surface area contributed by atoms with Gasteiger partial charge in [0.2, 0.25) is 5.88 Å². The molecule has 1 aromatic carbocycles. The van der Waals surface area contributed by atoms with E-state index in [1.807, 2.05) is 12.1 Å². The first-order valence-corrected chi connectivity index (χ1v) is 6.94. The summed E-state index contributed by atoms with van der Waals surface area (Å²) >= 11 is 0. The summed E-state index contributed by atoms with van der Waals surface area (Å²) in [4.78, 5) is 8.55. The van der Waals surface area contributed by atoms with Crippen LogP contribution >= 0.6 is 0 Å². The highest BCUT2D eigenvalue weighted by atomic mass is 16.5. The third-order valence-corrected chi connectivity index (χ3v) is 3.66. The Morgan fingerprint density at radius 1 is 1.19 bits per heavy atom. The Hall–Kier alpha value is -2.30. The summed E-state index contributed by atoms with van der Waals surface area (Å²) in [5, 5.41) is 0. The largest absolute Gasteiger partial charge is 0.493 e. The summed E-state index contributed by atoms with van der Waals surface area (Å²) < 4.78 is 16.5. The van der Waals surface area contributed by atoms with Gasteiger partial charge in [-0.25, -0.2) is 4.98 Å². The van der Waals surface area contributed by atoms with Crippen molar-refractivity contribution < 1.29 is 14.2 Å². The van der Waals surface area contributed by atoms with Crippen LogP contribution in [0.2, 0.25) is 0 Å². The Bertz CT molecular complexity index is 631. The zero-order valence-electron chi connectivity index (χ0n) is 12.2. The lowest BCUT2D eigenvalue weighted by atomic mass is 9.92. The summed E-state index contributed by atoms with van der Waals surface area (Å²) in [6, 6.07) is 6.00. The fourth-order valence-electron chi connectivity index (χ4n) is 2.69. The Balaban J connectivity index is 1.78. The van der Waals surface area contributed by atoms with E-state index >= 15 is 0 Å². The van der Waals surface area contributed by atoms with Crippen LogP contribution in [0.15, 0.2) is 30.6 Å². The molecule has 0 saturated heterocycles. The third kappa shape index (κ3) is 2.77. The van der Waals surface area contributed by atoms with Gasteiger partial charge in [-0.05, 0) is 18.1 Å². The molecule has 0 amide bonds. The molecule has 1 unspecified atom stereocenters. The molecular formula is C16H18N2O3. The zero-order chi connectivity index (χ0) is 14.7. The van der Waals surface area contributed by atoms with Crippen LogP contribution in [0.25, 0.3) is 0 Å². The lowest BCUT2D eigenvalue weighted by Gasteiger charge is -2.26. The van der Waals surface area contributed by atoms with Gasteiger partial charge in [0.1, 0.15) is 5.69 Å². The van der Waals surface area contributed by atoms with Gasteiger partial charge in [-0.15, -0.1) is 0 Å². The second-order valence-corrected chi connectivity index (χ2v) is 5.05. The lowest BCUT2D eigenvalue weighted by Crippen LogP contribution is -2.23. The fourth-order valence-corrected chi connectivity index (χ4v) is 2.69. The molecule has 0 N–H and O–H groups in total. The van der Waals surface area contributed by atoms with E-state index in [0.29, 0.717) is 18.4 Å². The van der Waals surface area contributed by atoms with Gasteiger partial charge in [0.05, 0.1) is 20.8 Å². The van der Waals surface area contributed by atoms with Crippen molar-refractivity contribution in [2.24, 2.45) is 5.92 Å². The molecule has 2 heterocycles. The quantitative estimate of drug-likeness (QED) is 0.863. The molecule has 2 aromatic rings. The first-order chi connectivity index (χ1) is 10.3. The minimum absolute atomic E-state index is 0.357. The van der Waals surface area contributed by atoms with Crippen LogP contribution in [-0.4, -0.2) is 30.8 Å². The summed E-state index contributed by atoms with van der Waals surface area (Å²) in [5.74, 6) is 2.61. The smallest absolute Gasteiger partial charge is 0.235 e. The monoisotopic (exact) mass is 286 g/mol. The molecule has 1 aliphatic heterocycles. The Labute approximate surface area is 123 Å². The number of nitrogens with zero attached hydrogens (tertiary/aromatic N) is 2. The molecule has 110 valence electrons. The molecule has 1 atom stereocenters. The predicted molar refractivity (Wildman–Crippen MR) is 78.0 cm³/mol. The van der Waals surface area contributed by atoms with Crippen molar-refractivity contribution in [3.8, 4) is 17.4 Å². The molecule has 0 aliphatic carbocycles. The molecule has 1 aliphatic rings. The van der Waals surface area contributed by atoms with E-state index in [4.69, 9.17) is 14.2 Å². The topological polar surface area (TPSA) is 53.5 Å². The maximum absolute atomic E-state index is 5.89. The average Bonchev–Trinajstić information content (AvgIpc) is 2.54. The second kappa shape index (κ2) is 5.99. The number of hydrogen-bond donors (Lipinski definition) is 0. The summed E-state index contributed by atoms with van der Waals surface area (Å²) in [7, 11) is 3.28. The Kier molecular flexibility index (Phi) is 3.90. The SMILES string of the molecule is COc1cccc2c1OCC(Cc1nccnc1OC)C2. The maximum Gasteiger partial charge on any atom is 0.235 e. The number of ether oxygens (including phenoxy) is 3. The Morgan fingerprint density at radius 3 is 2.86 bits per heavy atom. The normalized spacial score (nSPS) is 16.8. The van der Waals surface area contributed by atoms with Gasteiger partial charge in [-0.1, -0.05) is 12.1 Å². The van der Waals surface area contributed by atoms with Crippen molar-refractivity contribution in [2.75, 3.05) is 20.8 Å². The number of benzene rings is 1. The van der Waals surface area contributed by atoms with Crippen LogP contribution in [0.4, 0.5) is 0 Å².